The fraction of sp³-hybridized carbons (Fsp3) is 0.600. The molecule has 0 spiro atoms. The van der Waals surface area contributed by atoms with Crippen LogP contribution in [0.4, 0.5) is 0 Å². The number of hydrogen-bond donors (Lipinski definition) is 0. The zero-order chi connectivity index (χ0) is 8.32. The first-order valence-corrected chi connectivity index (χ1v) is 4.44. The average molecular weight is 232 g/mol. The van der Waals surface area contributed by atoms with Gasteiger partial charge in [-0.1, -0.05) is 13.0 Å². The Bertz CT molecular complexity index is 186. The van der Waals surface area contributed by atoms with E-state index in [1.807, 2.05) is 0 Å². The first-order valence-electron chi connectivity index (χ1n) is 4.44. The highest BCUT2D eigenvalue weighted by atomic mass is 79.9. The van der Waals surface area contributed by atoms with Gasteiger partial charge < -0.3 is 17.0 Å². The van der Waals surface area contributed by atoms with E-state index in [4.69, 9.17) is 0 Å². The Labute approximate surface area is 86.1 Å². The Morgan fingerprint density at radius 2 is 1.92 bits per heavy atom. The normalized spacial score (nSPS) is 33.1. The molecule has 2 heteroatoms. The number of halogens is 1. The summed E-state index contributed by atoms with van der Waals surface area (Å²) in [6.07, 6.45) is 10.1. The van der Waals surface area contributed by atoms with Gasteiger partial charge in [0.2, 0.25) is 0 Å². The van der Waals surface area contributed by atoms with Gasteiger partial charge in [-0.3, -0.25) is 4.48 Å². The number of hydrogen-bond acceptors (Lipinski definition) is 0. The molecule has 12 heavy (non-hydrogen) atoms. The van der Waals surface area contributed by atoms with Gasteiger partial charge >= 0.3 is 0 Å². The van der Waals surface area contributed by atoms with Crippen LogP contribution in [0.15, 0.2) is 24.4 Å². The molecule has 1 nitrogen and oxygen atoms in total. The summed E-state index contributed by atoms with van der Waals surface area (Å²) in [6.45, 7) is 5.67. The van der Waals surface area contributed by atoms with Crippen molar-refractivity contribution in [2.24, 2.45) is 0 Å². The fourth-order valence-corrected chi connectivity index (χ4v) is 1.64. The number of allylic oxidation sites excluding steroid dienone is 2. The molecule has 0 amide bonds. The summed E-state index contributed by atoms with van der Waals surface area (Å²) in [4.78, 5) is 0. The van der Waals surface area contributed by atoms with Crippen LogP contribution in [0.25, 0.3) is 0 Å². The highest BCUT2D eigenvalue weighted by molar-refractivity contribution is 5.07. The van der Waals surface area contributed by atoms with Crippen molar-refractivity contribution in [2.75, 3.05) is 13.6 Å². The first kappa shape index (κ1) is 11.9. The van der Waals surface area contributed by atoms with Gasteiger partial charge in [0.25, 0.3) is 0 Å². The molecule has 0 radical (unpaired) electrons. The maximum atomic E-state index is 2.31. The zero-order valence-corrected chi connectivity index (χ0v) is 9.71. The van der Waals surface area contributed by atoms with Crippen molar-refractivity contribution < 1.29 is 21.5 Å². The lowest BCUT2D eigenvalue weighted by Crippen LogP contribution is -3.00. The van der Waals surface area contributed by atoms with Gasteiger partial charge in [0, 0.05) is 6.42 Å². The Morgan fingerprint density at radius 1 is 1.25 bits per heavy atom. The van der Waals surface area contributed by atoms with Crippen LogP contribution >= 0.6 is 0 Å². The molecule has 70 valence electrons. The summed E-state index contributed by atoms with van der Waals surface area (Å²) in [5.74, 6) is 0. The van der Waals surface area contributed by atoms with E-state index in [1.54, 1.807) is 0 Å². The SMILES string of the molecule is CCC1C=CC=C[N+]1(C)CC.[Br-]. The third kappa shape index (κ3) is 2.20. The van der Waals surface area contributed by atoms with Crippen LogP contribution in [0.1, 0.15) is 20.3 Å². The van der Waals surface area contributed by atoms with Crippen molar-refractivity contribution in [1.82, 2.24) is 0 Å². The van der Waals surface area contributed by atoms with E-state index >= 15 is 0 Å². The van der Waals surface area contributed by atoms with E-state index in [-0.39, 0.29) is 17.0 Å². The second-order valence-corrected chi connectivity index (χ2v) is 3.37. The summed E-state index contributed by atoms with van der Waals surface area (Å²) in [5.41, 5.74) is 0. The molecular weight excluding hydrogens is 214 g/mol. The number of nitrogens with zero attached hydrogens (tertiary/aromatic N) is 1. The molecule has 0 aromatic carbocycles. The Kier molecular flexibility index (Phi) is 4.80. The molecule has 0 N–H and O–H groups in total. The molecule has 2 unspecified atom stereocenters. The third-order valence-electron chi connectivity index (χ3n) is 2.73. The minimum absolute atomic E-state index is 0. The van der Waals surface area contributed by atoms with Gasteiger partial charge in [-0.2, -0.15) is 0 Å². The van der Waals surface area contributed by atoms with Gasteiger partial charge in [-0.15, -0.1) is 0 Å². The Morgan fingerprint density at radius 3 is 2.33 bits per heavy atom. The van der Waals surface area contributed by atoms with Gasteiger partial charge in [0.1, 0.15) is 6.04 Å². The van der Waals surface area contributed by atoms with E-state index in [0.717, 1.165) is 4.48 Å². The molecule has 0 saturated carbocycles. The van der Waals surface area contributed by atoms with Crippen molar-refractivity contribution in [1.29, 1.82) is 0 Å². The predicted octanol–water partition coefficient (Wildman–Crippen LogP) is -0.681. The molecule has 1 heterocycles. The predicted molar refractivity (Wildman–Crippen MR) is 49.1 cm³/mol. The number of likely N-dealkylation sites (N-methyl/N-ethyl adjacent to an activating group) is 1. The standard InChI is InChI=1S/C10H18N.BrH/c1-4-10-8-6-7-9-11(10,3)5-2;/h6-10H,4-5H2,1-3H3;1H/q+1;/p-1. The van der Waals surface area contributed by atoms with Crippen LogP contribution in [0.2, 0.25) is 0 Å². The quantitative estimate of drug-likeness (QED) is 0.553. The van der Waals surface area contributed by atoms with Crippen molar-refractivity contribution in [2.45, 2.75) is 26.3 Å². The second-order valence-electron chi connectivity index (χ2n) is 3.37. The van der Waals surface area contributed by atoms with E-state index in [2.05, 4.69) is 45.3 Å². The summed E-state index contributed by atoms with van der Waals surface area (Å²) in [7, 11) is 2.29. The molecule has 0 saturated heterocycles. The topological polar surface area (TPSA) is 0 Å². The summed E-state index contributed by atoms with van der Waals surface area (Å²) in [6, 6.07) is 0.685. The minimum atomic E-state index is 0. The van der Waals surface area contributed by atoms with Crippen LogP contribution in [0, 0.1) is 0 Å². The second kappa shape index (κ2) is 4.83. The average Bonchev–Trinajstić information content (AvgIpc) is 2.05. The highest BCUT2D eigenvalue weighted by Gasteiger charge is 2.26. The van der Waals surface area contributed by atoms with E-state index in [9.17, 15) is 0 Å². The van der Waals surface area contributed by atoms with Crippen LogP contribution in [0.5, 0.6) is 0 Å². The Balaban J connectivity index is 0.00000121. The summed E-state index contributed by atoms with van der Waals surface area (Å²) < 4.78 is 1.06. The van der Waals surface area contributed by atoms with E-state index in [1.165, 1.54) is 13.0 Å². The van der Waals surface area contributed by atoms with Crippen LogP contribution in [0.3, 0.4) is 0 Å². The Hall–Kier alpha value is -0.0800. The molecule has 2 atom stereocenters. The lowest BCUT2D eigenvalue weighted by Gasteiger charge is -2.36. The molecular formula is C10H18BrN. The van der Waals surface area contributed by atoms with Crippen molar-refractivity contribution in [3.8, 4) is 0 Å². The van der Waals surface area contributed by atoms with Gasteiger partial charge in [-0.05, 0) is 19.1 Å². The monoisotopic (exact) mass is 231 g/mol. The van der Waals surface area contributed by atoms with Crippen LogP contribution in [-0.2, 0) is 0 Å². The van der Waals surface area contributed by atoms with Crippen LogP contribution in [-0.4, -0.2) is 24.1 Å². The van der Waals surface area contributed by atoms with E-state index in [0.29, 0.717) is 6.04 Å². The third-order valence-corrected chi connectivity index (χ3v) is 2.73. The highest BCUT2D eigenvalue weighted by Crippen LogP contribution is 2.19. The van der Waals surface area contributed by atoms with Crippen molar-refractivity contribution in [3.63, 3.8) is 0 Å². The first-order chi connectivity index (χ1) is 5.23. The largest absolute Gasteiger partial charge is 1.00 e. The molecule has 1 aliphatic rings. The van der Waals surface area contributed by atoms with Crippen LogP contribution < -0.4 is 17.0 Å². The van der Waals surface area contributed by atoms with Gasteiger partial charge in [0.05, 0.1) is 19.8 Å². The minimum Gasteiger partial charge on any atom is -1.00 e. The molecule has 1 aliphatic heterocycles. The fourth-order valence-electron chi connectivity index (χ4n) is 1.64. The molecule has 0 aromatic rings. The summed E-state index contributed by atoms with van der Waals surface area (Å²) >= 11 is 0. The summed E-state index contributed by atoms with van der Waals surface area (Å²) in [5, 5.41) is 0. The lowest BCUT2D eigenvalue weighted by atomic mass is 10.1. The molecule has 0 aliphatic carbocycles. The van der Waals surface area contributed by atoms with Gasteiger partial charge in [-0.25, -0.2) is 0 Å². The van der Waals surface area contributed by atoms with E-state index < -0.39 is 0 Å². The van der Waals surface area contributed by atoms with Crippen molar-refractivity contribution in [3.05, 3.63) is 24.4 Å². The molecule has 0 aromatic heterocycles. The van der Waals surface area contributed by atoms with Gasteiger partial charge in [0.15, 0.2) is 0 Å². The van der Waals surface area contributed by atoms with Crippen molar-refractivity contribution >= 4 is 0 Å². The lowest BCUT2D eigenvalue weighted by molar-refractivity contribution is -0.877. The maximum Gasteiger partial charge on any atom is 0.112 e. The zero-order valence-electron chi connectivity index (χ0n) is 8.13. The number of rotatable bonds is 2. The number of quaternary nitrogens is 1. The molecule has 0 bridgehead atoms. The maximum absolute atomic E-state index is 2.31. The molecule has 0 fully saturated rings. The molecule has 1 rings (SSSR count). The smallest absolute Gasteiger partial charge is 0.112 e.